The fraction of sp³-hybridized carbons (Fsp3) is 0.500. The van der Waals surface area contributed by atoms with Gasteiger partial charge >= 0.3 is 12.3 Å². The van der Waals surface area contributed by atoms with E-state index in [-0.39, 0.29) is 44.0 Å². The molecule has 3 aromatic rings. The number of carboxylic acid groups (broad SMARTS) is 1. The molecule has 5 heterocycles. The van der Waals surface area contributed by atoms with Gasteiger partial charge in [-0.1, -0.05) is 0 Å². The number of imidazole rings is 1. The Bertz CT molecular complexity index is 1210. The molecule has 2 aliphatic rings. The molecule has 33 heavy (non-hydrogen) atoms. The van der Waals surface area contributed by atoms with Crippen molar-refractivity contribution in [1.29, 1.82) is 0 Å². The van der Waals surface area contributed by atoms with Crippen LogP contribution in [0.2, 0.25) is 0 Å². The Morgan fingerprint density at radius 3 is 2.73 bits per heavy atom. The van der Waals surface area contributed by atoms with Gasteiger partial charge in [-0.15, -0.1) is 0 Å². The second-order valence-electron chi connectivity index (χ2n) is 8.27. The number of alkyl halides is 3. The zero-order valence-electron chi connectivity index (χ0n) is 17.9. The minimum atomic E-state index is -4.35. The highest BCUT2D eigenvalue weighted by Gasteiger charge is 2.50. The summed E-state index contributed by atoms with van der Waals surface area (Å²) < 4.78 is 49.1. The first-order chi connectivity index (χ1) is 15.7. The van der Waals surface area contributed by atoms with Gasteiger partial charge in [-0.05, 0) is 13.3 Å². The first kappa shape index (κ1) is 21.5. The van der Waals surface area contributed by atoms with Gasteiger partial charge in [0.05, 0.1) is 30.6 Å². The van der Waals surface area contributed by atoms with E-state index in [0.29, 0.717) is 22.6 Å². The number of amides is 1. The Labute approximate surface area is 186 Å². The third kappa shape index (κ3) is 3.46. The molecule has 0 radical (unpaired) electrons. The van der Waals surface area contributed by atoms with Crippen LogP contribution in [0.15, 0.2) is 24.8 Å². The van der Waals surface area contributed by atoms with Crippen LogP contribution >= 0.6 is 0 Å². The minimum absolute atomic E-state index is 0.0132. The number of methoxy groups -OCH3 is 1. The number of hydrogen-bond donors (Lipinski definition) is 1. The molecular weight excluding hydrogens is 443 g/mol. The molecule has 0 saturated carbocycles. The third-order valence-corrected chi connectivity index (χ3v) is 6.46. The number of likely N-dealkylation sites (tertiary alicyclic amines) is 1. The Morgan fingerprint density at radius 1 is 1.30 bits per heavy atom. The van der Waals surface area contributed by atoms with Crippen LogP contribution in [0.3, 0.4) is 0 Å². The molecule has 2 saturated heterocycles. The number of fused-ring (bicyclic) bond motifs is 1. The lowest BCUT2D eigenvalue weighted by molar-refractivity contribution is -0.159. The molecule has 0 bridgehead atoms. The summed E-state index contributed by atoms with van der Waals surface area (Å²) in [5.41, 5.74) is 2.16. The van der Waals surface area contributed by atoms with Crippen molar-refractivity contribution >= 4 is 17.6 Å². The summed E-state index contributed by atoms with van der Waals surface area (Å²) in [4.78, 5) is 22.7. The third-order valence-electron chi connectivity index (χ3n) is 6.46. The molecule has 13 heteroatoms. The van der Waals surface area contributed by atoms with Crippen molar-refractivity contribution in [2.24, 2.45) is 0 Å². The molecular formula is C20H22F3N7O3. The summed E-state index contributed by atoms with van der Waals surface area (Å²) in [6, 6.07) is -1.92. The number of nitrogens with zero attached hydrogens (tertiary/aromatic N) is 7. The van der Waals surface area contributed by atoms with E-state index < -0.39 is 18.3 Å². The van der Waals surface area contributed by atoms with Crippen LogP contribution in [-0.2, 0) is 4.74 Å². The molecule has 1 N–H and O–H groups in total. The van der Waals surface area contributed by atoms with Crippen molar-refractivity contribution in [2.75, 3.05) is 31.6 Å². The predicted molar refractivity (Wildman–Crippen MR) is 110 cm³/mol. The SMILES string of the molecule is COC1CN(C(=O)O)CC1n1cc(-c2nc(N3CC[C@@H]3C(F)(F)F)c3nccn3c2C)cn1. The molecule has 3 atom stereocenters. The van der Waals surface area contributed by atoms with Crippen molar-refractivity contribution in [3.63, 3.8) is 0 Å². The van der Waals surface area contributed by atoms with E-state index in [1.807, 2.05) is 6.92 Å². The number of anilines is 1. The molecule has 5 rings (SSSR count). The number of halogens is 3. The van der Waals surface area contributed by atoms with Crippen LogP contribution < -0.4 is 4.90 Å². The molecule has 0 aromatic carbocycles. The lowest BCUT2D eigenvalue weighted by Gasteiger charge is -2.42. The maximum atomic E-state index is 13.4. The highest BCUT2D eigenvalue weighted by molar-refractivity contribution is 5.73. The summed E-state index contributed by atoms with van der Waals surface area (Å²) in [6.45, 7) is 2.50. The second kappa shape index (κ2) is 7.61. The molecule has 10 nitrogen and oxygen atoms in total. The van der Waals surface area contributed by atoms with Gasteiger partial charge in [-0.3, -0.25) is 9.08 Å². The molecule has 1 amide bonds. The quantitative estimate of drug-likeness (QED) is 0.632. The van der Waals surface area contributed by atoms with Crippen LogP contribution in [0.1, 0.15) is 18.2 Å². The maximum Gasteiger partial charge on any atom is 0.408 e. The van der Waals surface area contributed by atoms with Crippen molar-refractivity contribution < 1.29 is 27.8 Å². The number of rotatable bonds is 4. The number of hydrogen-bond acceptors (Lipinski definition) is 6. The minimum Gasteiger partial charge on any atom is -0.465 e. The normalized spacial score (nSPS) is 23.4. The average molecular weight is 465 g/mol. The van der Waals surface area contributed by atoms with Crippen LogP contribution in [0.4, 0.5) is 23.8 Å². The highest BCUT2D eigenvalue weighted by atomic mass is 19.4. The number of aromatic nitrogens is 5. The van der Waals surface area contributed by atoms with Crippen LogP contribution in [0.25, 0.3) is 16.9 Å². The maximum absolute atomic E-state index is 13.4. The molecule has 2 fully saturated rings. The van der Waals surface area contributed by atoms with Crippen LogP contribution in [-0.4, -0.2) is 85.3 Å². The molecule has 3 aromatic heterocycles. The lowest BCUT2D eigenvalue weighted by Crippen LogP contribution is -2.56. The molecule has 0 aliphatic carbocycles. The first-order valence-electron chi connectivity index (χ1n) is 10.4. The Morgan fingerprint density at radius 2 is 2.09 bits per heavy atom. The number of aryl methyl sites for hydroxylation is 1. The lowest BCUT2D eigenvalue weighted by atomic mass is 10.0. The summed E-state index contributed by atoms with van der Waals surface area (Å²) >= 11 is 0. The van der Waals surface area contributed by atoms with E-state index in [9.17, 15) is 23.1 Å². The molecule has 2 aliphatic heterocycles. The van der Waals surface area contributed by atoms with Gasteiger partial charge in [-0.25, -0.2) is 14.8 Å². The van der Waals surface area contributed by atoms with E-state index in [0.717, 1.165) is 0 Å². The van der Waals surface area contributed by atoms with Gasteiger partial charge in [0.15, 0.2) is 11.5 Å². The monoisotopic (exact) mass is 465 g/mol. The van der Waals surface area contributed by atoms with E-state index in [1.54, 1.807) is 27.7 Å². The van der Waals surface area contributed by atoms with Gasteiger partial charge < -0.3 is 19.6 Å². The molecule has 176 valence electrons. The summed E-state index contributed by atoms with van der Waals surface area (Å²) in [7, 11) is 1.52. The van der Waals surface area contributed by atoms with Gasteiger partial charge in [0.2, 0.25) is 0 Å². The second-order valence-corrected chi connectivity index (χ2v) is 8.27. The zero-order chi connectivity index (χ0) is 23.5. The van der Waals surface area contributed by atoms with Crippen molar-refractivity contribution in [3.05, 3.63) is 30.5 Å². The van der Waals surface area contributed by atoms with Gasteiger partial charge in [0, 0.05) is 50.0 Å². The number of ether oxygens (including phenoxy) is 1. The molecule has 2 unspecified atom stereocenters. The topological polar surface area (TPSA) is 101 Å². The summed E-state index contributed by atoms with van der Waals surface area (Å²) in [6.07, 6.45) is 0.778. The Balaban J connectivity index is 1.53. The fourth-order valence-electron chi connectivity index (χ4n) is 4.58. The zero-order valence-corrected chi connectivity index (χ0v) is 17.9. The van der Waals surface area contributed by atoms with Gasteiger partial charge in [0.25, 0.3) is 0 Å². The Hall–Kier alpha value is -3.35. The van der Waals surface area contributed by atoms with Gasteiger partial charge in [-0.2, -0.15) is 18.3 Å². The van der Waals surface area contributed by atoms with Gasteiger partial charge in [0.1, 0.15) is 6.04 Å². The Kier molecular flexibility index (Phi) is 4.96. The summed E-state index contributed by atoms with van der Waals surface area (Å²) in [5, 5.41) is 13.7. The largest absolute Gasteiger partial charge is 0.465 e. The fourth-order valence-corrected chi connectivity index (χ4v) is 4.58. The average Bonchev–Trinajstić information content (AvgIpc) is 3.46. The summed E-state index contributed by atoms with van der Waals surface area (Å²) in [5.74, 6) is 0.176. The predicted octanol–water partition coefficient (Wildman–Crippen LogP) is 2.59. The first-order valence-corrected chi connectivity index (χ1v) is 10.4. The van der Waals surface area contributed by atoms with Crippen molar-refractivity contribution in [2.45, 2.75) is 37.7 Å². The highest BCUT2D eigenvalue weighted by Crippen LogP contribution is 2.39. The van der Waals surface area contributed by atoms with E-state index in [2.05, 4.69) is 15.1 Å². The smallest absolute Gasteiger partial charge is 0.408 e. The van der Waals surface area contributed by atoms with E-state index in [4.69, 9.17) is 4.74 Å². The standard InChI is InChI=1S/C20H22F3N7O3/c1-11-16(12-7-25-30(8-12)13-9-27(19(31)32)10-14(13)33-2)26-18(17-24-4-6-28(11)17)29-5-3-15(29)20(21,22)23/h4,6-8,13-15H,3,5,9-10H2,1-2H3,(H,31,32)/t13?,14?,15-/m1/s1. The molecule has 0 spiro atoms. The number of carbonyl (C=O) groups is 1. The van der Waals surface area contributed by atoms with Crippen molar-refractivity contribution in [3.8, 4) is 11.3 Å². The van der Waals surface area contributed by atoms with Crippen molar-refractivity contribution in [1.82, 2.24) is 29.0 Å². The van der Waals surface area contributed by atoms with Crippen LogP contribution in [0, 0.1) is 6.92 Å². The van der Waals surface area contributed by atoms with Crippen LogP contribution in [0.5, 0.6) is 0 Å². The van der Waals surface area contributed by atoms with E-state index >= 15 is 0 Å². The van der Waals surface area contributed by atoms with E-state index in [1.165, 1.54) is 23.1 Å².